The maximum atomic E-state index is 5.14. The van der Waals surface area contributed by atoms with E-state index in [2.05, 4.69) is 149 Å². The maximum absolute atomic E-state index is 5.14. The first kappa shape index (κ1) is 27.5. The first-order chi connectivity index (χ1) is 21.4. The van der Waals surface area contributed by atoms with Crippen LogP contribution in [0, 0.1) is 14.3 Å². The van der Waals surface area contributed by atoms with Gasteiger partial charge in [0.05, 0.1) is 0 Å². The van der Waals surface area contributed by atoms with Crippen LogP contribution in [0.2, 0.25) is 0 Å². The zero-order chi connectivity index (χ0) is 29.7. The molecule has 5 heterocycles. The summed E-state index contributed by atoms with van der Waals surface area (Å²) in [5.74, 6) is 2.41. The third-order valence-corrected chi connectivity index (χ3v) is 11.3. The van der Waals surface area contributed by atoms with Gasteiger partial charge in [0, 0.05) is 58.1 Å². The fourth-order valence-electron chi connectivity index (χ4n) is 5.82. The van der Waals surface area contributed by atoms with Gasteiger partial charge in [-0.3, -0.25) is 0 Å². The van der Waals surface area contributed by atoms with E-state index in [1.165, 1.54) is 0 Å². The van der Waals surface area contributed by atoms with Gasteiger partial charge in [-0.1, -0.05) is 48.5 Å². The molecule has 210 valence electrons. The van der Waals surface area contributed by atoms with Crippen molar-refractivity contribution < 1.29 is 0 Å². The molecule has 0 spiro atoms. The summed E-state index contributed by atoms with van der Waals surface area (Å²) >= 11 is 9.42. The lowest BCUT2D eigenvalue weighted by molar-refractivity contribution is 1.19. The monoisotopic (exact) mass is 1020 g/mol. The van der Waals surface area contributed by atoms with E-state index < -0.39 is 0 Å². The topological polar surface area (TPSA) is 109 Å². The molecule has 0 saturated heterocycles. The summed E-state index contributed by atoms with van der Waals surface area (Å²) in [7, 11) is 0. The van der Waals surface area contributed by atoms with Crippen LogP contribution in [0.3, 0.4) is 0 Å². The number of hydrogen-bond acceptors (Lipinski definition) is 6. The smallest absolute Gasteiger partial charge is 0.165 e. The first-order valence-electron chi connectivity index (χ1n) is 13.4. The van der Waals surface area contributed by atoms with Gasteiger partial charge in [-0.25, -0.2) is 29.9 Å². The lowest BCUT2D eigenvalue weighted by Crippen LogP contribution is -1.86. The number of hydrogen-bond donors (Lipinski definition) is 2. The highest BCUT2D eigenvalue weighted by molar-refractivity contribution is 14.1. The molecule has 2 N–H and O–H groups in total. The number of halogens is 4. The number of benzene rings is 4. The Labute approximate surface area is 303 Å². The number of rotatable bonds is 0. The van der Waals surface area contributed by atoms with E-state index in [0.29, 0.717) is 45.9 Å². The molecular formula is C32H14I4N8. The van der Waals surface area contributed by atoms with Crippen molar-refractivity contribution in [3.63, 3.8) is 0 Å². The molecule has 0 saturated carbocycles. The van der Waals surface area contributed by atoms with E-state index in [4.69, 9.17) is 29.9 Å². The van der Waals surface area contributed by atoms with Crippen LogP contribution in [0.1, 0.15) is 0 Å². The minimum Gasteiger partial charge on any atom is -0.324 e. The van der Waals surface area contributed by atoms with Gasteiger partial charge in [-0.15, -0.1) is 0 Å². The Hall–Kier alpha value is -2.84. The Balaban J connectivity index is 1.54. The van der Waals surface area contributed by atoms with E-state index >= 15 is 0 Å². The molecule has 12 heteroatoms. The van der Waals surface area contributed by atoms with Crippen LogP contribution in [0.4, 0.5) is 0 Å². The van der Waals surface area contributed by atoms with Crippen LogP contribution >= 0.6 is 90.4 Å². The molecular weight excluding hydrogens is 1000 g/mol. The van der Waals surface area contributed by atoms with Crippen molar-refractivity contribution in [2.24, 2.45) is 0 Å². The predicted molar refractivity (Wildman–Crippen MR) is 207 cm³/mol. The summed E-state index contributed by atoms with van der Waals surface area (Å²) in [5.41, 5.74) is 6.55. The maximum Gasteiger partial charge on any atom is 0.165 e. The largest absolute Gasteiger partial charge is 0.324 e. The third kappa shape index (κ3) is 4.15. The van der Waals surface area contributed by atoms with Crippen molar-refractivity contribution in [3.05, 3.63) is 87.1 Å². The molecule has 0 radical (unpaired) electrons. The van der Waals surface area contributed by atoms with Crippen LogP contribution in [-0.2, 0) is 0 Å². The molecule has 2 aliphatic heterocycles. The van der Waals surface area contributed by atoms with Gasteiger partial charge in [0.25, 0.3) is 0 Å². The van der Waals surface area contributed by atoms with Gasteiger partial charge in [-0.2, -0.15) is 0 Å². The number of fused-ring (bicyclic) bond motifs is 20. The number of nitrogens with one attached hydrogen (secondary N) is 2. The summed E-state index contributed by atoms with van der Waals surface area (Å²) in [6, 6.07) is 24.7. The summed E-state index contributed by atoms with van der Waals surface area (Å²) < 4.78 is 4.24. The van der Waals surface area contributed by atoms with Gasteiger partial charge in [0.2, 0.25) is 0 Å². The molecule has 0 atom stereocenters. The van der Waals surface area contributed by atoms with Gasteiger partial charge >= 0.3 is 0 Å². The average Bonchev–Trinajstić information content (AvgIpc) is 3.74. The second kappa shape index (κ2) is 10.3. The second-order valence-corrected chi connectivity index (χ2v) is 14.9. The van der Waals surface area contributed by atoms with Crippen molar-refractivity contribution in [2.45, 2.75) is 0 Å². The highest BCUT2D eigenvalue weighted by Crippen LogP contribution is 2.40. The summed E-state index contributed by atoms with van der Waals surface area (Å²) in [6.07, 6.45) is 0. The fourth-order valence-corrected chi connectivity index (χ4v) is 8.80. The Bertz CT molecular complexity index is 2390. The minimum absolute atomic E-state index is 0.600. The van der Waals surface area contributed by atoms with Gasteiger partial charge in [0.1, 0.15) is 22.6 Å². The van der Waals surface area contributed by atoms with E-state index in [0.717, 1.165) is 58.1 Å². The molecule has 0 aliphatic carbocycles. The van der Waals surface area contributed by atoms with Gasteiger partial charge in [-0.05, 0) is 115 Å². The van der Waals surface area contributed by atoms with E-state index in [1.54, 1.807) is 0 Å². The van der Waals surface area contributed by atoms with Crippen LogP contribution in [-0.4, -0.2) is 39.9 Å². The zero-order valence-corrected chi connectivity index (χ0v) is 30.8. The summed E-state index contributed by atoms with van der Waals surface area (Å²) in [4.78, 5) is 37.6. The molecule has 9 rings (SSSR count). The van der Waals surface area contributed by atoms with E-state index in [9.17, 15) is 0 Å². The lowest BCUT2D eigenvalue weighted by Gasteiger charge is -2.00. The van der Waals surface area contributed by atoms with E-state index in [1.807, 2.05) is 24.3 Å². The molecule has 3 aromatic heterocycles. The Kier molecular flexibility index (Phi) is 6.46. The van der Waals surface area contributed by atoms with Crippen LogP contribution in [0.25, 0.3) is 89.7 Å². The molecule has 0 unspecified atom stereocenters. The number of aromatic amines is 2. The van der Waals surface area contributed by atoms with Crippen molar-refractivity contribution in [1.82, 2.24) is 39.9 Å². The van der Waals surface area contributed by atoms with Crippen LogP contribution < -0.4 is 0 Å². The van der Waals surface area contributed by atoms with Crippen molar-refractivity contribution in [1.29, 1.82) is 0 Å². The standard InChI is InChI=1S/C32H14I4N8/c33-17-9-1-5-13-21(17)29-37-25(13)41-30-22-14(6-2-10-18(22)34)27(38-30)43-32-24-16(8-4-12-20(24)36)28(40-32)44-31-23-15(26(39-31)42-29)7-3-11-19(23)35/h1-12H,(H2,37,38,39,40,41,42,43,44). The SMILES string of the molecule is Ic1cccc2c1-c1nc-2nc2[nH]c(nc3nc(nc4[nH]c(n1)c1cccc(I)c41)-c1cccc(I)c1-3)c1cccc(I)c21. The minimum atomic E-state index is 0.600. The van der Waals surface area contributed by atoms with Crippen molar-refractivity contribution >= 4 is 134 Å². The Morgan fingerprint density at radius 3 is 1.23 bits per heavy atom. The second-order valence-electron chi connectivity index (χ2n) is 10.3. The lowest BCUT2D eigenvalue weighted by atomic mass is 10.1. The molecule has 0 fully saturated rings. The van der Waals surface area contributed by atoms with Crippen LogP contribution in [0.5, 0.6) is 0 Å². The predicted octanol–water partition coefficient (Wildman–Crippen LogP) is 9.29. The quantitative estimate of drug-likeness (QED) is 0.147. The summed E-state index contributed by atoms with van der Waals surface area (Å²) in [5, 5.41) is 3.90. The molecule has 0 amide bonds. The molecule has 2 aliphatic rings. The average molecular weight is 1020 g/mol. The molecule has 8 nitrogen and oxygen atoms in total. The molecule has 4 aromatic carbocycles. The fraction of sp³-hybridized carbons (Fsp3) is 0. The van der Waals surface area contributed by atoms with Gasteiger partial charge < -0.3 is 9.97 Å². The molecule has 7 aromatic rings. The van der Waals surface area contributed by atoms with Crippen molar-refractivity contribution in [2.75, 3.05) is 0 Å². The third-order valence-electron chi connectivity index (χ3n) is 7.74. The highest BCUT2D eigenvalue weighted by atomic mass is 127. The highest BCUT2D eigenvalue weighted by Gasteiger charge is 2.25. The number of H-pyrrole nitrogens is 2. The number of nitrogens with zero attached hydrogens (tertiary/aromatic N) is 6. The normalized spacial score (nSPS) is 12.1. The zero-order valence-electron chi connectivity index (χ0n) is 22.1. The Morgan fingerprint density at radius 2 is 0.773 bits per heavy atom. The van der Waals surface area contributed by atoms with Crippen LogP contribution in [0.15, 0.2) is 72.8 Å². The summed E-state index contributed by atoms with van der Waals surface area (Å²) in [6.45, 7) is 0. The van der Waals surface area contributed by atoms with Crippen molar-refractivity contribution in [3.8, 4) is 45.6 Å². The van der Waals surface area contributed by atoms with E-state index in [-0.39, 0.29) is 0 Å². The molecule has 44 heavy (non-hydrogen) atoms. The number of aromatic nitrogens is 8. The molecule has 8 bridgehead atoms. The van der Waals surface area contributed by atoms with Gasteiger partial charge in [0.15, 0.2) is 23.3 Å². The first-order valence-corrected chi connectivity index (χ1v) is 17.7. The Morgan fingerprint density at radius 1 is 0.386 bits per heavy atom.